The Morgan fingerprint density at radius 3 is 2.68 bits per heavy atom. The average Bonchev–Trinajstić information content (AvgIpc) is 3.20. The van der Waals surface area contributed by atoms with Crippen LogP contribution in [0.1, 0.15) is 45.4 Å². The number of thioether (sulfide) groups is 1. The highest BCUT2D eigenvalue weighted by Crippen LogP contribution is 2.27. The zero-order valence-electron chi connectivity index (χ0n) is 17.2. The number of guanidine groups is 1. The summed E-state index contributed by atoms with van der Waals surface area (Å²) < 4.78 is 0. The van der Waals surface area contributed by atoms with Crippen LogP contribution >= 0.6 is 11.8 Å². The van der Waals surface area contributed by atoms with Gasteiger partial charge in [-0.05, 0) is 31.4 Å². The molecule has 154 valence electrons. The Bertz CT molecular complexity index is 645. The third-order valence-corrected chi connectivity index (χ3v) is 6.77. The Labute approximate surface area is 173 Å². The standard InChI is InChI=1S/C22H34N4OS/c1-17(28-20-11-7-4-8-12-20)15-24-22(23-2)25-19-13-14-26(16-19)21(27)18-9-5-3-6-10-18/h4,7-8,11-12,17-19H,3,5-6,9-10,13-16H2,1-2H3,(H2,23,24,25). The van der Waals surface area contributed by atoms with Crippen LogP contribution in [-0.4, -0.2) is 54.7 Å². The molecule has 0 bridgehead atoms. The van der Waals surface area contributed by atoms with E-state index < -0.39 is 0 Å². The van der Waals surface area contributed by atoms with Gasteiger partial charge in [0.1, 0.15) is 0 Å². The summed E-state index contributed by atoms with van der Waals surface area (Å²) in [6.45, 7) is 4.73. The van der Waals surface area contributed by atoms with Gasteiger partial charge in [-0.25, -0.2) is 0 Å². The van der Waals surface area contributed by atoms with Gasteiger partial charge < -0.3 is 15.5 Å². The molecule has 1 amide bonds. The lowest BCUT2D eigenvalue weighted by Crippen LogP contribution is -2.46. The predicted octanol–water partition coefficient (Wildman–Crippen LogP) is 3.51. The number of carbonyl (C=O) groups excluding carboxylic acids is 1. The first kappa shape index (κ1) is 21.0. The van der Waals surface area contributed by atoms with Gasteiger partial charge >= 0.3 is 0 Å². The quantitative estimate of drug-likeness (QED) is 0.434. The van der Waals surface area contributed by atoms with E-state index in [1.54, 1.807) is 0 Å². The molecule has 1 aliphatic heterocycles. The first-order valence-corrected chi connectivity index (χ1v) is 11.5. The summed E-state index contributed by atoms with van der Waals surface area (Å²) in [7, 11) is 1.81. The summed E-state index contributed by atoms with van der Waals surface area (Å²) in [6.07, 6.45) is 6.86. The Balaban J connectivity index is 1.40. The zero-order chi connectivity index (χ0) is 19.8. The molecule has 5 nitrogen and oxygen atoms in total. The second-order valence-corrected chi connectivity index (χ2v) is 9.46. The van der Waals surface area contributed by atoms with Crippen molar-refractivity contribution in [1.82, 2.24) is 15.5 Å². The van der Waals surface area contributed by atoms with Crippen LogP contribution in [-0.2, 0) is 4.79 Å². The number of aliphatic imine (C=N–C) groups is 1. The molecule has 1 saturated heterocycles. The topological polar surface area (TPSA) is 56.7 Å². The van der Waals surface area contributed by atoms with E-state index in [2.05, 4.69) is 51.7 Å². The van der Waals surface area contributed by atoms with Crippen molar-refractivity contribution in [1.29, 1.82) is 0 Å². The molecular weight excluding hydrogens is 368 g/mol. The third kappa shape index (κ3) is 6.16. The van der Waals surface area contributed by atoms with Gasteiger partial charge in [0.05, 0.1) is 0 Å². The molecule has 0 spiro atoms. The van der Waals surface area contributed by atoms with Crippen LogP contribution < -0.4 is 10.6 Å². The fraction of sp³-hybridized carbons (Fsp3) is 0.636. The molecule has 2 fully saturated rings. The van der Waals surface area contributed by atoms with Crippen molar-refractivity contribution in [2.45, 2.75) is 61.6 Å². The summed E-state index contributed by atoms with van der Waals surface area (Å²) in [6, 6.07) is 10.8. The first-order valence-electron chi connectivity index (χ1n) is 10.6. The minimum Gasteiger partial charge on any atom is -0.355 e. The lowest BCUT2D eigenvalue weighted by molar-refractivity contribution is -0.135. The summed E-state index contributed by atoms with van der Waals surface area (Å²) in [5, 5.41) is 7.39. The summed E-state index contributed by atoms with van der Waals surface area (Å²) in [4.78, 5) is 20.5. The maximum Gasteiger partial charge on any atom is 0.225 e. The van der Waals surface area contributed by atoms with Gasteiger partial charge in [0.2, 0.25) is 5.91 Å². The van der Waals surface area contributed by atoms with Crippen molar-refractivity contribution in [2.24, 2.45) is 10.9 Å². The number of amides is 1. The SMILES string of the molecule is CN=C(NCC(C)Sc1ccccc1)NC1CCN(C(=O)C2CCCCC2)C1. The van der Waals surface area contributed by atoms with Crippen molar-refractivity contribution in [3.8, 4) is 0 Å². The highest BCUT2D eigenvalue weighted by Gasteiger charge is 2.31. The van der Waals surface area contributed by atoms with Gasteiger partial charge in [0.25, 0.3) is 0 Å². The van der Waals surface area contributed by atoms with Gasteiger partial charge in [-0.1, -0.05) is 44.4 Å². The van der Waals surface area contributed by atoms with Crippen LogP contribution in [0.2, 0.25) is 0 Å². The number of hydrogen-bond acceptors (Lipinski definition) is 3. The number of nitrogens with one attached hydrogen (secondary N) is 2. The van der Waals surface area contributed by atoms with Crippen LogP contribution in [0, 0.1) is 5.92 Å². The predicted molar refractivity (Wildman–Crippen MR) is 118 cm³/mol. The first-order chi connectivity index (χ1) is 13.7. The van der Waals surface area contributed by atoms with E-state index in [4.69, 9.17) is 0 Å². The molecule has 0 aromatic heterocycles. The van der Waals surface area contributed by atoms with Crippen LogP contribution in [0.25, 0.3) is 0 Å². The van der Waals surface area contributed by atoms with Crippen LogP contribution in [0.15, 0.2) is 40.2 Å². The fourth-order valence-electron chi connectivity index (χ4n) is 4.09. The average molecular weight is 403 g/mol. The molecule has 28 heavy (non-hydrogen) atoms. The van der Waals surface area contributed by atoms with E-state index >= 15 is 0 Å². The molecule has 2 atom stereocenters. The number of carbonyl (C=O) groups is 1. The molecule has 6 heteroatoms. The molecular formula is C22H34N4OS. The van der Waals surface area contributed by atoms with E-state index in [-0.39, 0.29) is 12.0 Å². The monoisotopic (exact) mass is 402 g/mol. The van der Waals surface area contributed by atoms with Crippen molar-refractivity contribution < 1.29 is 4.79 Å². The molecule has 3 rings (SSSR count). The van der Waals surface area contributed by atoms with Gasteiger partial charge in [-0.15, -0.1) is 11.8 Å². The van der Waals surface area contributed by atoms with Gasteiger partial charge in [0.15, 0.2) is 5.96 Å². The molecule has 2 aliphatic rings. The minimum absolute atomic E-state index is 0.265. The van der Waals surface area contributed by atoms with E-state index in [1.807, 2.05) is 24.9 Å². The molecule has 1 saturated carbocycles. The minimum atomic E-state index is 0.265. The Morgan fingerprint density at radius 2 is 1.96 bits per heavy atom. The molecule has 1 aromatic carbocycles. The number of likely N-dealkylation sites (tertiary alicyclic amines) is 1. The number of nitrogens with zero attached hydrogens (tertiary/aromatic N) is 2. The van der Waals surface area contributed by atoms with Crippen LogP contribution in [0.3, 0.4) is 0 Å². The highest BCUT2D eigenvalue weighted by molar-refractivity contribution is 8.00. The van der Waals surface area contributed by atoms with Gasteiger partial charge in [-0.3, -0.25) is 9.79 Å². The molecule has 1 heterocycles. The number of benzene rings is 1. The Hall–Kier alpha value is -1.69. The maximum atomic E-state index is 12.7. The van der Waals surface area contributed by atoms with Crippen molar-refractivity contribution in [3.05, 3.63) is 30.3 Å². The summed E-state index contributed by atoms with van der Waals surface area (Å²) in [5.74, 6) is 1.47. The smallest absolute Gasteiger partial charge is 0.225 e. The van der Waals surface area contributed by atoms with Gasteiger partial charge in [-0.2, -0.15) is 0 Å². The van der Waals surface area contributed by atoms with E-state index in [9.17, 15) is 4.79 Å². The van der Waals surface area contributed by atoms with E-state index in [0.717, 1.165) is 44.9 Å². The third-order valence-electron chi connectivity index (χ3n) is 5.66. The number of hydrogen-bond donors (Lipinski definition) is 2. The molecule has 1 aliphatic carbocycles. The van der Waals surface area contributed by atoms with Crippen molar-refractivity contribution >= 4 is 23.6 Å². The molecule has 1 aromatic rings. The van der Waals surface area contributed by atoms with Gasteiger partial charge in [0, 0.05) is 48.8 Å². The van der Waals surface area contributed by atoms with Crippen molar-refractivity contribution in [3.63, 3.8) is 0 Å². The Morgan fingerprint density at radius 1 is 1.21 bits per heavy atom. The summed E-state index contributed by atoms with van der Waals surface area (Å²) in [5.41, 5.74) is 0. The van der Waals surface area contributed by atoms with Crippen molar-refractivity contribution in [2.75, 3.05) is 26.7 Å². The van der Waals surface area contributed by atoms with Crippen LogP contribution in [0.5, 0.6) is 0 Å². The lowest BCUT2D eigenvalue weighted by atomic mass is 9.88. The fourth-order valence-corrected chi connectivity index (χ4v) is 5.03. The van der Waals surface area contributed by atoms with E-state index in [1.165, 1.54) is 24.2 Å². The molecule has 2 N–H and O–H groups in total. The van der Waals surface area contributed by atoms with E-state index in [0.29, 0.717) is 11.2 Å². The zero-order valence-corrected chi connectivity index (χ0v) is 18.0. The molecule has 0 radical (unpaired) electrons. The highest BCUT2D eigenvalue weighted by atomic mass is 32.2. The molecule has 2 unspecified atom stereocenters. The Kier molecular flexibility index (Phi) is 8.07. The maximum absolute atomic E-state index is 12.7. The second-order valence-electron chi connectivity index (χ2n) is 7.94. The lowest BCUT2D eigenvalue weighted by Gasteiger charge is -2.26. The largest absolute Gasteiger partial charge is 0.355 e. The van der Waals surface area contributed by atoms with Crippen LogP contribution in [0.4, 0.5) is 0 Å². The normalized spacial score (nSPS) is 22.1. The summed E-state index contributed by atoms with van der Waals surface area (Å²) >= 11 is 1.86. The second kappa shape index (κ2) is 10.7. The number of rotatable bonds is 6.